The second-order valence-corrected chi connectivity index (χ2v) is 13.7. The summed E-state index contributed by atoms with van der Waals surface area (Å²) in [5.74, 6) is 0.0854. The van der Waals surface area contributed by atoms with Gasteiger partial charge < -0.3 is 14.7 Å². The molecule has 45 heavy (non-hydrogen) atoms. The first kappa shape index (κ1) is 30.8. The molecule has 1 atom stereocenters. The number of thiophene rings is 1. The van der Waals surface area contributed by atoms with Crippen molar-refractivity contribution in [3.05, 3.63) is 71.7 Å². The number of carbonyl (C=O) groups is 1. The van der Waals surface area contributed by atoms with Crippen molar-refractivity contribution in [1.29, 1.82) is 0 Å². The van der Waals surface area contributed by atoms with E-state index in [0.29, 0.717) is 53.6 Å². The van der Waals surface area contributed by atoms with Crippen LogP contribution in [0.25, 0.3) is 27.5 Å². The molecule has 1 aliphatic heterocycles. The van der Waals surface area contributed by atoms with E-state index in [-0.39, 0.29) is 23.7 Å². The summed E-state index contributed by atoms with van der Waals surface area (Å²) in [6.45, 7) is 9.37. The summed E-state index contributed by atoms with van der Waals surface area (Å²) in [6, 6.07) is 10.8. The molecule has 0 radical (unpaired) electrons. The SMILES string of the molecule is CCN(CC)C(C)CNC(=O)c1cc(-c2cnn3ccc(-c4cccs4)nc23)nc(N2CC(NS(=O)(=O)Cc3ccon3)C2)c1. The smallest absolute Gasteiger partial charge is 0.251 e. The van der Waals surface area contributed by atoms with E-state index in [1.807, 2.05) is 34.7 Å². The van der Waals surface area contributed by atoms with Gasteiger partial charge in [-0.05, 0) is 49.7 Å². The Morgan fingerprint density at radius 3 is 2.69 bits per heavy atom. The van der Waals surface area contributed by atoms with Gasteiger partial charge in [0.2, 0.25) is 10.0 Å². The maximum absolute atomic E-state index is 13.5. The average Bonchev–Trinajstić information content (AvgIpc) is 3.80. The van der Waals surface area contributed by atoms with Gasteiger partial charge in [-0.25, -0.2) is 27.6 Å². The van der Waals surface area contributed by atoms with Crippen molar-refractivity contribution in [3.63, 3.8) is 0 Å². The Hall–Kier alpha value is -4.18. The lowest BCUT2D eigenvalue weighted by atomic mass is 10.1. The van der Waals surface area contributed by atoms with Gasteiger partial charge in [0.25, 0.3) is 5.91 Å². The molecular formula is C30H35N9O4S2. The summed E-state index contributed by atoms with van der Waals surface area (Å²) in [5.41, 5.74) is 3.46. The van der Waals surface area contributed by atoms with Crippen molar-refractivity contribution in [3.8, 4) is 21.8 Å². The van der Waals surface area contributed by atoms with Crippen LogP contribution in [0.5, 0.6) is 0 Å². The maximum atomic E-state index is 13.5. The fourth-order valence-electron chi connectivity index (χ4n) is 5.42. The largest absolute Gasteiger partial charge is 0.364 e. The van der Waals surface area contributed by atoms with Crippen molar-refractivity contribution >= 4 is 38.7 Å². The molecule has 0 saturated carbocycles. The number of rotatable bonds is 13. The van der Waals surface area contributed by atoms with E-state index in [2.05, 4.69) is 46.0 Å². The Morgan fingerprint density at radius 1 is 1.16 bits per heavy atom. The molecule has 1 fully saturated rings. The highest BCUT2D eigenvalue weighted by atomic mass is 32.2. The summed E-state index contributed by atoms with van der Waals surface area (Å²) in [4.78, 5) is 28.6. The van der Waals surface area contributed by atoms with Gasteiger partial charge in [0, 0.05) is 43.5 Å². The zero-order chi connectivity index (χ0) is 31.6. The van der Waals surface area contributed by atoms with Gasteiger partial charge in [-0.1, -0.05) is 25.1 Å². The Labute approximate surface area is 265 Å². The standard InChI is InChI=1S/C30H35N9O4S2/c1-4-37(5-2)20(3)15-31-30(40)21-13-26(24-16-32-39-10-8-25(34-29(24)39)27-7-6-12-44-27)33-28(14-21)38-17-23(18-38)36-45(41,42)19-22-9-11-43-35-22/h6-14,16,20,23,36H,4-5,15,17-19H2,1-3H3,(H,31,40). The Kier molecular flexibility index (Phi) is 8.94. The number of fused-ring (bicyclic) bond motifs is 1. The summed E-state index contributed by atoms with van der Waals surface area (Å²) < 4.78 is 34.5. The highest BCUT2D eigenvalue weighted by molar-refractivity contribution is 7.88. The van der Waals surface area contributed by atoms with Crippen molar-refractivity contribution in [2.75, 3.05) is 37.6 Å². The first-order valence-corrected chi connectivity index (χ1v) is 17.3. The van der Waals surface area contributed by atoms with Crippen LogP contribution < -0.4 is 14.9 Å². The van der Waals surface area contributed by atoms with Gasteiger partial charge in [-0.15, -0.1) is 11.3 Å². The molecule has 0 aromatic carbocycles. The van der Waals surface area contributed by atoms with Crippen molar-refractivity contribution in [1.82, 2.24) is 39.7 Å². The Balaban J connectivity index is 1.27. The van der Waals surface area contributed by atoms with Gasteiger partial charge in [0.15, 0.2) is 5.65 Å². The van der Waals surface area contributed by atoms with E-state index < -0.39 is 10.0 Å². The lowest BCUT2D eigenvalue weighted by molar-refractivity contribution is 0.0938. The summed E-state index contributed by atoms with van der Waals surface area (Å²) in [7, 11) is -3.62. The molecule has 0 aliphatic carbocycles. The summed E-state index contributed by atoms with van der Waals surface area (Å²) in [6.07, 6.45) is 4.90. The lowest BCUT2D eigenvalue weighted by Gasteiger charge is -2.40. The van der Waals surface area contributed by atoms with E-state index in [1.54, 1.807) is 34.2 Å². The number of nitrogens with one attached hydrogen (secondary N) is 2. The molecule has 1 unspecified atom stereocenters. The third-order valence-electron chi connectivity index (χ3n) is 7.87. The number of aromatic nitrogens is 5. The number of amides is 1. The van der Waals surface area contributed by atoms with Crippen molar-refractivity contribution in [2.24, 2.45) is 0 Å². The van der Waals surface area contributed by atoms with E-state index in [4.69, 9.17) is 14.5 Å². The van der Waals surface area contributed by atoms with Crippen molar-refractivity contribution < 1.29 is 17.7 Å². The van der Waals surface area contributed by atoms with E-state index in [1.165, 1.54) is 12.3 Å². The molecule has 1 aliphatic rings. The number of pyridine rings is 1. The molecular weight excluding hydrogens is 615 g/mol. The van der Waals surface area contributed by atoms with Gasteiger partial charge in [0.1, 0.15) is 17.8 Å². The van der Waals surface area contributed by atoms with Gasteiger partial charge in [-0.3, -0.25) is 9.69 Å². The molecule has 13 nitrogen and oxygen atoms in total. The van der Waals surface area contributed by atoms with Crippen molar-refractivity contribution in [2.45, 2.75) is 38.6 Å². The topological polar surface area (TPSA) is 151 Å². The normalized spacial score (nSPS) is 14.6. The number of anilines is 1. The van der Waals surface area contributed by atoms with Crippen LogP contribution in [0.15, 0.2) is 65.0 Å². The minimum absolute atomic E-state index is 0.172. The zero-order valence-corrected chi connectivity index (χ0v) is 26.9. The van der Waals surface area contributed by atoms with Crippen LogP contribution in [-0.2, 0) is 15.8 Å². The minimum Gasteiger partial charge on any atom is -0.364 e. The number of sulfonamides is 1. The monoisotopic (exact) mass is 649 g/mol. The van der Waals surface area contributed by atoms with Crippen LogP contribution in [0.4, 0.5) is 5.82 Å². The molecule has 2 N–H and O–H groups in total. The first-order chi connectivity index (χ1) is 21.7. The number of hydrogen-bond acceptors (Lipinski definition) is 11. The van der Waals surface area contributed by atoms with Crippen LogP contribution in [0.1, 0.15) is 36.8 Å². The molecule has 5 aromatic rings. The predicted octanol–water partition coefficient (Wildman–Crippen LogP) is 3.28. The minimum atomic E-state index is -3.62. The molecule has 0 bridgehead atoms. The predicted molar refractivity (Wildman–Crippen MR) is 173 cm³/mol. The fraction of sp³-hybridized carbons (Fsp3) is 0.367. The van der Waals surface area contributed by atoms with Gasteiger partial charge in [-0.2, -0.15) is 5.10 Å². The zero-order valence-electron chi connectivity index (χ0n) is 25.3. The van der Waals surface area contributed by atoms with Crippen LogP contribution >= 0.6 is 11.3 Å². The quantitative estimate of drug-likeness (QED) is 0.195. The molecule has 1 saturated heterocycles. The number of carbonyl (C=O) groups excluding carboxylic acids is 1. The molecule has 5 aromatic heterocycles. The highest BCUT2D eigenvalue weighted by Crippen LogP contribution is 2.30. The van der Waals surface area contributed by atoms with Crippen LogP contribution in [0.2, 0.25) is 0 Å². The van der Waals surface area contributed by atoms with Gasteiger partial charge in [0.05, 0.1) is 39.8 Å². The second kappa shape index (κ2) is 13.0. The third-order valence-corrected chi connectivity index (χ3v) is 10.1. The Bertz CT molecular complexity index is 1860. The van der Waals surface area contributed by atoms with Crippen LogP contribution in [0, 0.1) is 0 Å². The molecule has 0 spiro atoms. The summed E-state index contributed by atoms with van der Waals surface area (Å²) in [5, 5.41) is 13.3. The van der Waals surface area contributed by atoms with Crippen LogP contribution in [-0.4, -0.2) is 88.8 Å². The first-order valence-electron chi connectivity index (χ1n) is 14.8. The van der Waals surface area contributed by atoms with Gasteiger partial charge >= 0.3 is 0 Å². The Morgan fingerprint density at radius 2 is 1.98 bits per heavy atom. The molecule has 1 amide bonds. The second-order valence-electron chi connectivity index (χ2n) is 11.0. The third kappa shape index (κ3) is 6.91. The van der Waals surface area contributed by atoms with E-state index in [0.717, 1.165) is 23.7 Å². The maximum Gasteiger partial charge on any atom is 0.251 e. The number of nitrogens with zero attached hydrogens (tertiary/aromatic N) is 7. The van der Waals surface area contributed by atoms with E-state index in [9.17, 15) is 13.2 Å². The molecule has 15 heteroatoms. The summed E-state index contributed by atoms with van der Waals surface area (Å²) >= 11 is 1.60. The number of hydrogen-bond donors (Lipinski definition) is 2. The average molecular weight is 650 g/mol. The molecule has 6 heterocycles. The van der Waals surface area contributed by atoms with Crippen LogP contribution in [0.3, 0.4) is 0 Å². The fourth-order valence-corrected chi connectivity index (χ4v) is 7.39. The highest BCUT2D eigenvalue weighted by Gasteiger charge is 2.32. The van der Waals surface area contributed by atoms with E-state index >= 15 is 0 Å². The molecule has 236 valence electrons. The lowest BCUT2D eigenvalue weighted by Crippen LogP contribution is -2.59. The molecule has 6 rings (SSSR count). The number of likely N-dealkylation sites (N-methyl/N-ethyl adjacent to an activating group) is 1.